The molecular formula is C9H12Cl2N2O4S. The van der Waals surface area contributed by atoms with Crippen LogP contribution in [-0.4, -0.2) is 33.8 Å². The summed E-state index contributed by atoms with van der Waals surface area (Å²) in [6, 6.07) is 2.50. The van der Waals surface area contributed by atoms with Crippen LogP contribution in [0, 0.1) is 0 Å². The van der Waals surface area contributed by atoms with Gasteiger partial charge in [0, 0.05) is 13.7 Å². The number of phenolic OH excluding ortho intramolecular Hbond substituents is 1. The third-order valence-electron chi connectivity index (χ3n) is 1.87. The molecule has 0 saturated heterocycles. The van der Waals surface area contributed by atoms with Gasteiger partial charge in [0.15, 0.2) is 5.75 Å². The molecule has 0 radical (unpaired) electrons. The number of rotatable bonds is 6. The highest BCUT2D eigenvalue weighted by molar-refractivity contribution is 7.90. The molecule has 0 aromatic heterocycles. The van der Waals surface area contributed by atoms with Gasteiger partial charge in [-0.15, -0.1) is 0 Å². The lowest BCUT2D eigenvalue weighted by atomic mass is 10.3. The van der Waals surface area contributed by atoms with Crippen LogP contribution in [0.15, 0.2) is 12.1 Å². The molecule has 3 N–H and O–H groups in total. The highest BCUT2D eigenvalue weighted by atomic mass is 35.5. The average molecular weight is 315 g/mol. The summed E-state index contributed by atoms with van der Waals surface area (Å²) in [7, 11) is -2.27. The molecule has 0 saturated carbocycles. The summed E-state index contributed by atoms with van der Waals surface area (Å²) in [5, 5.41) is 9.24. The second kappa shape index (κ2) is 6.44. The molecule has 6 nitrogen and oxygen atoms in total. The molecular weight excluding hydrogens is 303 g/mol. The van der Waals surface area contributed by atoms with E-state index in [2.05, 4.69) is 9.44 Å². The van der Waals surface area contributed by atoms with E-state index >= 15 is 0 Å². The van der Waals surface area contributed by atoms with Gasteiger partial charge in [-0.2, -0.15) is 13.1 Å². The standard InChI is InChI=1S/C9H12Cl2N2O4S/c1-17-3-2-12-18(15,16)13-6-4-7(10)9(14)8(11)5-6/h4-5,12-14H,2-3H2,1H3. The second-order valence-corrected chi connectivity index (χ2v) is 5.60. The fourth-order valence-corrected chi connectivity index (χ4v) is 2.43. The number of hydrogen-bond acceptors (Lipinski definition) is 4. The van der Waals surface area contributed by atoms with Gasteiger partial charge in [0.2, 0.25) is 0 Å². The molecule has 1 aromatic rings. The lowest BCUT2D eigenvalue weighted by molar-refractivity contribution is 0.204. The number of hydrogen-bond donors (Lipinski definition) is 3. The molecule has 1 aromatic carbocycles. The van der Waals surface area contributed by atoms with Gasteiger partial charge in [0.25, 0.3) is 10.2 Å². The van der Waals surface area contributed by atoms with E-state index in [1.165, 1.54) is 19.2 Å². The Hall–Kier alpha value is -0.730. The van der Waals surface area contributed by atoms with Gasteiger partial charge in [-0.25, -0.2) is 0 Å². The topological polar surface area (TPSA) is 87.7 Å². The second-order valence-electron chi connectivity index (χ2n) is 3.28. The van der Waals surface area contributed by atoms with E-state index in [4.69, 9.17) is 27.9 Å². The molecule has 1 rings (SSSR count). The summed E-state index contributed by atoms with van der Waals surface area (Å²) in [6.07, 6.45) is 0. The van der Waals surface area contributed by atoms with Crippen LogP contribution in [0.2, 0.25) is 10.0 Å². The zero-order valence-corrected chi connectivity index (χ0v) is 11.7. The van der Waals surface area contributed by atoms with Crippen LogP contribution < -0.4 is 9.44 Å². The van der Waals surface area contributed by atoms with Gasteiger partial charge in [0.05, 0.1) is 22.3 Å². The quantitative estimate of drug-likeness (QED) is 0.549. The number of nitrogens with one attached hydrogen (secondary N) is 2. The molecule has 0 bridgehead atoms. The molecule has 0 atom stereocenters. The summed E-state index contributed by atoms with van der Waals surface area (Å²) < 4.78 is 32.3. The minimum atomic E-state index is -3.73. The first-order valence-electron chi connectivity index (χ1n) is 4.80. The third-order valence-corrected chi connectivity index (χ3v) is 3.53. The fraction of sp³-hybridized carbons (Fsp3) is 0.333. The molecule has 0 unspecified atom stereocenters. The average Bonchev–Trinajstić information content (AvgIpc) is 2.25. The van der Waals surface area contributed by atoms with Crippen molar-refractivity contribution in [3.63, 3.8) is 0 Å². The fourth-order valence-electron chi connectivity index (χ4n) is 1.09. The first-order chi connectivity index (χ1) is 8.35. The molecule has 18 heavy (non-hydrogen) atoms. The maximum atomic E-state index is 11.6. The van der Waals surface area contributed by atoms with E-state index < -0.39 is 10.2 Å². The van der Waals surface area contributed by atoms with Crippen molar-refractivity contribution in [3.8, 4) is 5.75 Å². The van der Waals surface area contributed by atoms with Gasteiger partial charge in [-0.05, 0) is 12.1 Å². The summed E-state index contributed by atoms with van der Waals surface area (Å²) >= 11 is 11.3. The Balaban J connectivity index is 2.78. The molecule has 0 aliphatic carbocycles. The zero-order valence-electron chi connectivity index (χ0n) is 9.41. The highest BCUT2D eigenvalue weighted by Crippen LogP contribution is 2.34. The van der Waals surface area contributed by atoms with Gasteiger partial charge in [-0.1, -0.05) is 23.2 Å². The van der Waals surface area contributed by atoms with Crippen molar-refractivity contribution >= 4 is 39.1 Å². The Morgan fingerprint density at radius 3 is 2.39 bits per heavy atom. The van der Waals surface area contributed by atoms with Gasteiger partial charge in [0.1, 0.15) is 0 Å². The van der Waals surface area contributed by atoms with Crippen LogP contribution in [0.5, 0.6) is 5.75 Å². The summed E-state index contributed by atoms with van der Waals surface area (Å²) in [5.74, 6) is -0.298. The van der Waals surface area contributed by atoms with Gasteiger partial charge in [-0.3, -0.25) is 4.72 Å². The number of halogens is 2. The maximum Gasteiger partial charge on any atom is 0.299 e. The molecule has 0 heterocycles. The maximum absolute atomic E-state index is 11.6. The van der Waals surface area contributed by atoms with Gasteiger partial charge >= 0.3 is 0 Å². The van der Waals surface area contributed by atoms with Crippen LogP contribution >= 0.6 is 23.2 Å². The monoisotopic (exact) mass is 314 g/mol. The van der Waals surface area contributed by atoms with Crippen molar-refractivity contribution in [2.24, 2.45) is 0 Å². The molecule has 0 aliphatic rings. The van der Waals surface area contributed by atoms with Crippen molar-refractivity contribution in [3.05, 3.63) is 22.2 Å². The minimum absolute atomic E-state index is 0.0444. The number of phenols is 1. The highest BCUT2D eigenvalue weighted by Gasteiger charge is 2.12. The molecule has 9 heteroatoms. The Morgan fingerprint density at radius 2 is 1.89 bits per heavy atom. The Morgan fingerprint density at radius 1 is 1.33 bits per heavy atom. The van der Waals surface area contributed by atoms with Crippen LogP contribution in [0.3, 0.4) is 0 Å². The van der Waals surface area contributed by atoms with Gasteiger partial charge < -0.3 is 9.84 Å². The predicted octanol–water partition coefficient (Wildman–Crippen LogP) is 1.59. The first-order valence-corrected chi connectivity index (χ1v) is 7.04. The molecule has 0 spiro atoms. The zero-order chi connectivity index (χ0) is 13.8. The van der Waals surface area contributed by atoms with E-state index in [0.29, 0.717) is 0 Å². The van der Waals surface area contributed by atoms with Crippen molar-refractivity contribution < 1.29 is 18.3 Å². The predicted molar refractivity (Wildman–Crippen MR) is 70.5 cm³/mol. The van der Waals surface area contributed by atoms with Crippen molar-refractivity contribution in [1.29, 1.82) is 0 Å². The minimum Gasteiger partial charge on any atom is -0.505 e. The van der Waals surface area contributed by atoms with Crippen molar-refractivity contribution in [2.75, 3.05) is 25.0 Å². The number of methoxy groups -OCH3 is 1. The lowest BCUT2D eigenvalue weighted by Gasteiger charge is -2.10. The number of anilines is 1. The Labute approximate surface area is 115 Å². The van der Waals surface area contributed by atoms with Crippen LogP contribution in [0.1, 0.15) is 0 Å². The summed E-state index contributed by atoms with van der Waals surface area (Å²) in [6.45, 7) is 0.378. The molecule has 102 valence electrons. The number of aromatic hydroxyl groups is 1. The van der Waals surface area contributed by atoms with Crippen molar-refractivity contribution in [1.82, 2.24) is 4.72 Å². The van der Waals surface area contributed by atoms with Crippen molar-refractivity contribution in [2.45, 2.75) is 0 Å². The lowest BCUT2D eigenvalue weighted by Crippen LogP contribution is -2.32. The van der Waals surface area contributed by atoms with Crippen LogP contribution in [0.25, 0.3) is 0 Å². The normalized spacial score (nSPS) is 11.5. The Bertz CT molecular complexity index is 498. The first kappa shape index (κ1) is 15.3. The third kappa shape index (κ3) is 4.51. The van der Waals surface area contributed by atoms with E-state index in [9.17, 15) is 13.5 Å². The summed E-state index contributed by atoms with van der Waals surface area (Å²) in [5.41, 5.74) is 0.146. The van der Waals surface area contributed by atoms with Crippen LogP contribution in [-0.2, 0) is 14.9 Å². The largest absolute Gasteiger partial charge is 0.505 e. The van der Waals surface area contributed by atoms with E-state index in [0.717, 1.165) is 0 Å². The van der Waals surface area contributed by atoms with E-state index in [-0.39, 0.29) is 34.6 Å². The smallest absolute Gasteiger partial charge is 0.299 e. The summed E-state index contributed by atoms with van der Waals surface area (Å²) in [4.78, 5) is 0. The SMILES string of the molecule is COCCNS(=O)(=O)Nc1cc(Cl)c(O)c(Cl)c1. The van der Waals surface area contributed by atoms with E-state index in [1.54, 1.807) is 0 Å². The number of ether oxygens (including phenoxy) is 1. The molecule has 0 fully saturated rings. The molecule has 0 amide bonds. The van der Waals surface area contributed by atoms with E-state index in [1.807, 2.05) is 0 Å². The molecule has 0 aliphatic heterocycles. The Kier molecular flexibility index (Phi) is 5.48. The number of benzene rings is 1. The van der Waals surface area contributed by atoms with Crippen LogP contribution in [0.4, 0.5) is 5.69 Å².